The summed E-state index contributed by atoms with van der Waals surface area (Å²) in [5.74, 6) is 0. The molecule has 0 heterocycles. The molecular formula is C9H10. The summed E-state index contributed by atoms with van der Waals surface area (Å²) in [7, 11) is 0. The monoisotopic (exact) mass is 118 g/mol. The quantitative estimate of drug-likeness (QED) is 0.499. The van der Waals surface area contributed by atoms with Crippen molar-refractivity contribution >= 4 is 12.2 Å². The van der Waals surface area contributed by atoms with Crippen LogP contribution in [0.15, 0.2) is 24.3 Å². The van der Waals surface area contributed by atoms with Crippen LogP contribution < -0.4 is 0 Å². The van der Waals surface area contributed by atoms with E-state index in [2.05, 4.69) is 36.4 Å². The molecule has 2 rings (SSSR count). The van der Waals surface area contributed by atoms with Gasteiger partial charge in [0.1, 0.15) is 0 Å². The number of rotatable bonds is 0. The summed E-state index contributed by atoms with van der Waals surface area (Å²) in [6, 6.07) is 8.45. The van der Waals surface area contributed by atoms with Crippen LogP contribution in [-0.4, -0.2) is 0 Å². The van der Waals surface area contributed by atoms with E-state index in [1.807, 2.05) is 0 Å². The molecule has 0 nitrogen and oxygen atoms in total. The smallest absolute Gasteiger partial charge is 0.0251 e. The highest BCUT2D eigenvalue weighted by Crippen LogP contribution is 2.16. The Bertz CT molecular complexity index is 212. The lowest BCUT2D eigenvalue weighted by atomic mass is 10.2. The molecule has 0 atom stereocenters. The molecule has 0 saturated carbocycles. The van der Waals surface area contributed by atoms with Crippen LogP contribution >= 0.6 is 0 Å². The molecule has 0 amide bonds. The van der Waals surface area contributed by atoms with Crippen LogP contribution in [0.2, 0.25) is 0 Å². The van der Waals surface area contributed by atoms with Crippen LogP contribution in [-0.2, 0) is 0 Å². The number of fused-ring (bicyclic) bond motifs is 2. The van der Waals surface area contributed by atoms with Crippen molar-refractivity contribution in [3.63, 3.8) is 0 Å². The first kappa shape index (κ1) is 6.09. The van der Waals surface area contributed by atoms with Crippen molar-refractivity contribution in [1.29, 1.82) is 0 Å². The van der Waals surface area contributed by atoms with Crippen LogP contribution in [0.25, 0.3) is 12.2 Å². The van der Waals surface area contributed by atoms with Gasteiger partial charge in [0, 0.05) is 0 Å². The summed E-state index contributed by atoms with van der Waals surface area (Å²) in [5.41, 5.74) is 2.64. The molecule has 0 heteroatoms. The van der Waals surface area contributed by atoms with E-state index in [0.717, 1.165) is 0 Å². The highest BCUT2D eigenvalue weighted by atomic mass is 14.0. The third-order valence-corrected chi connectivity index (χ3v) is 1.38. The summed E-state index contributed by atoms with van der Waals surface area (Å²) in [4.78, 5) is 0. The Hall–Kier alpha value is -1.04. The summed E-state index contributed by atoms with van der Waals surface area (Å²) >= 11 is 0. The number of benzene rings is 1. The highest BCUT2D eigenvalue weighted by molar-refractivity contribution is 5.76. The second-order valence-corrected chi connectivity index (χ2v) is 2.00. The first-order valence-corrected chi connectivity index (χ1v) is 2.73. The fourth-order valence-electron chi connectivity index (χ4n) is 0.959. The summed E-state index contributed by atoms with van der Waals surface area (Å²) in [6.07, 6.45) is 4.24. The molecule has 0 saturated heterocycles. The van der Waals surface area contributed by atoms with Crippen molar-refractivity contribution in [1.82, 2.24) is 0 Å². The minimum absolute atomic E-state index is 0. The standard InChI is InChI=1S/C8H6.CH4/c1-2-7-4-5-8(3-1)6-7;/h1-6H;1H4. The Labute approximate surface area is 55.8 Å². The van der Waals surface area contributed by atoms with Crippen molar-refractivity contribution in [3.8, 4) is 0 Å². The highest BCUT2D eigenvalue weighted by Gasteiger charge is 1.94. The zero-order chi connectivity index (χ0) is 5.40. The third kappa shape index (κ3) is 0.879. The Kier molecular flexibility index (Phi) is 1.39. The molecule has 1 aliphatic rings. The Morgan fingerprint density at radius 1 is 0.889 bits per heavy atom. The van der Waals surface area contributed by atoms with Gasteiger partial charge in [0.25, 0.3) is 0 Å². The first-order valence-electron chi connectivity index (χ1n) is 2.73. The van der Waals surface area contributed by atoms with Gasteiger partial charge in [0.2, 0.25) is 0 Å². The van der Waals surface area contributed by atoms with Gasteiger partial charge in [-0.25, -0.2) is 0 Å². The van der Waals surface area contributed by atoms with Gasteiger partial charge >= 0.3 is 0 Å². The van der Waals surface area contributed by atoms with Gasteiger partial charge in [-0.3, -0.25) is 0 Å². The van der Waals surface area contributed by atoms with E-state index in [4.69, 9.17) is 0 Å². The fourth-order valence-corrected chi connectivity index (χ4v) is 0.959. The van der Waals surface area contributed by atoms with Crippen molar-refractivity contribution in [2.24, 2.45) is 0 Å². The molecule has 0 fully saturated rings. The molecule has 1 aromatic carbocycles. The SMILES string of the molecule is C.C1=Cc2cccc1c2. The third-order valence-electron chi connectivity index (χ3n) is 1.38. The van der Waals surface area contributed by atoms with Gasteiger partial charge < -0.3 is 0 Å². The van der Waals surface area contributed by atoms with Gasteiger partial charge in [0.05, 0.1) is 0 Å². The minimum Gasteiger partial charge on any atom is -0.0776 e. The van der Waals surface area contributed by atoms with Crippen LogP contribution in [0.3, 0.4) is 0 Å². The van der Waals surface area contributed by atoms with Crippen LogP contribution in [0.1, 0.15) is 18.6 Å². The zero-order valence-electron chi connectivity index (χ0n) is 4.46. The molecule has 1 aliphatic carbocycles. The maximum absolute atomic E-state index is 2.17. The van der Waals surface area contributed by atoms with Crippen molar-refractivity contribution in [3.05, 3.63) is 35.4 Å². The van der Waals surface area contributed by atoms with Crippen molar-refractivity contribution < 1.29 is 0 Å². The number of hydrogen-bond donors (Lipinski definition) is 0. The second kappa shape index (κ2) is 2.06. The van der Waals surface area contributed by atoms with E-state index in [0.29, 0.717) is 0 Å². The van der Waals surface area contributed by atoms with Gasteiger partial charge in [-0.2, -0.15) is 0 Å². The molecule has 1 aromatic rings. The van der Waals surface area contributed by atoms with Crippen molar-refractivity contribution in [2.45, 2.75) is 7.43 Å². The van der Waals surface area contributed by atoms with Crippen molar-refractivity contribution in [2.75, 3.05) is 0 Å². The lowest BCUT2D eigenvalue weighted by molar-refractivity contribution is 1.67. The molecule has 0 N–H and O–H groups in total. The van der Waals surface area contributed by atoms with Crippen LogP contribution in [0.4, 0.5) is 0 Å². The lowest BCUT2D eigenvalue weighted by Crippen LogP contribution is -1.63. The van der Waals surface area contributed by atoms with Gasteiger partial charge in [-0.1, -0.05) is 37.8 Å². The predicted molar refractivity (Wildman–Crippen MR) is 42.1 cm³/mol. The Morgan fingerprint density at radius 3 is 1.89 bits per heavy atom. The first-order chi connectivity index (χ1) is 3.95. The van der Waals surface area contributed by atoms with Gasteiger partial charge in [-0.05, 0) is 17.2 Å². The van der Waals surface area contributed by atoms with Crippen LogP contribution in [0.5, 0.6) is 0 Å². The van der Waals surface area contributed by atoms with E-state index in [9.17, 15) is 0 Å². The van der Waals surface area contributed by atoms with E-state index in [-0.39, 0.29) is 7.43 Å². The Morgan fingerprint density at radius 2 is 1.44 bits per heavy atom. The topological polar surface area (TPSA) is 0 Å². The summed E-state index contributed by atoms with van der Waals surface area (Å²) in [5, 5.41) is 0. The largest absolute Gasteiger partial charge is 0.0776 e. The maximum atomic E-state index is 2.17. The predicted octanol–water partition coefficient (Wildman–Crippen LogP) is 2.81. The van der Waals surface area contributed by atoms with E-state index in [1.54, 1.807) is 0 Å². The van der Waals surface area contributed by atoms with E-state index in [1.165, 1.54) is 11.1 Å². The molecule has 9 heavy (non-hydrogen) atoms. The van der Waals surface area contributed by atoms with E-state index >= 15 is 0 Å². The zero-order valence-corrected chi connectivity index (χ0v) is 4.46. The summed E-state index contributed by atoms with van der Waals surface area (Å²) in [6.45, 7) is 0. The molecule has 0 aromatic heterocycles. The maximum Gasteiger partial charge on any atom is -0.0251 e. The average molecular weight is 118 g/mol. The second-order valence-electron chi connectivity index (χ2n) is 2.00. The lowest BCUT2D eigenvalue weighted by Gasteiger charge is -1.83. The Balaban J connectivity index is 0.000000405. The fraction of sp³-hybridized carbons (Fsp3) is 0.111. The molecule has 2 bridgehead atoms. The number of hydrogen-bond acceptors (Lipinski definition) is 0. The molecule has 0 spiro atoms. The van der Waals surface area contributed by atoms with Gasteiger partial charge in [0.15, 0.2) is 0 Å². The molecule has 46 valence electrons. The van der Waals surface area contributed by atoms with E-state index < -0.39 is 0 Å². The van der Waals surface area contributed by atoms with Gasteiger partial charge in [-0.15, -0.1) is 0 Å². The molecule has 0 aliphatic heterocycles. The summed E-state index contributed by atoms with van der Waals surface area (Å²) < 4.78 is 0. The molecule has 0 radical (unpaired) electrons. The minimum atomic E-state index is 0. The molecular weight excluding hydrogens is 108 g/mol. The average Bonchev–Trinajstić information content (AvgIpc) is 2.12. The molecule has 0 unspecified atom stereocenters. The van der Waals surface area contributed by atoms with Crippen LogP contribution in [0, 0.1) is 0 Å². The normalized spacial score (nSPS) is 11.1.